The van der Waals surface area contributed by atoms with Gasteiger partial charge in [0.25, 0.3) is 5.91 Å². The van der Waals surface area contributed by atoms with Crippen LogP contribution in [0.4, 0.5) is 5.69 Å². The van der Waals surface area contributed by atoms with Crippen LogP contribution in [0.3, 0.4) is 0 Å². The van der Waals surface area contributed by atoms with E-state index in [1.54, 1.807) is 49.6 Å². The first kappa shape index (κ1) is 25.3. The fourth-order valence-electron chi connectivity index (χ4n) is 2.80. The van der Waals surface area contributed by atoms with Gasteiger partial charge in [0.1, 0.15) is 24.0 Å². The van der Waals surface area contributed by atoms with E-state index >= 15 is 0 Å². The van der Waals surface area contributed by atoms with E-state index < -0.39 is 17.7 Å². The van der Waals surface area contributed by atoms with Gasteiger partial charge in [0, 0.05) is 16.3 Å². The number of carbonyl (C=O) groups is 2. The number of hydrogen-bond donors (Lipinski definition) is 2. The lowest BCUT2D eigenvalue weighted by Crippen LogP contribution is -2.34. The summed E-state index contributed by atoms with van der Waals surface area (Å²) in [5.74, 6) is -0.594. The molecule has 0 aromatic heterocycles. The first-order valence-electron chi connectivity index (χ1n) is 10.3. The Morgan fingerprint density at radius 1 is 1.09 bits per heavy atom. The molecule has 9 heteroatoms. The van der Waals surface area contributed by atoms with Gasteiger partial charge in [-0.2, -0.15) is 5.10 Å². The Morgan fingerprint density at radius 3 is 2.50 bits per heavy atom. The maximum absolute atomic E-state index is 12.3. The maximum atomic E-state index is 12.3. The molecular formula is C25H23BrClN3O4. The number of methoxy groups -OCH3 is 1. The zero-order valence-electron chi connectivity index (χ0n) is 18.5. The Kier molecular flexibility index (Phi) is 9.07. The third-order valence-electron chi connectivity index (χ3n) is 4.83. The van der Waals surface area contributed by atoms with Gasteiger partial charge in [-0.15, -0.1) is 0 Å². The normalized spacial score (nSPS) is 11.6. The van der Waals surface area contributed by atoms with Crippen LogP contribution in [0.1, 0.15) is 18.1 Å². The lowest BCUT2D eigenvalue weighted by atomic mass is 10.1. The van der Waals surface area contributed by atoms with Crippen LogP contribution in [0.25, 0.3) is 0 Å². The number of nitrogens with zero attached hydrogens (tertiary/aromatic N) is 1. The third kappa shape index (κ3) is 7.07. The number of hydrogen-bond acceptors (Lipinski definition) is 5. The molecule has 2 N–H and O–H groups in total. The molecule has 0 saturated heterocycles. The predicted octanol–water partition coefficient (Wildman–Crippen LogP) is 5.42. The first-order valence-corrected chi connectivity index (χ1v) is 11.5. The van der Waals surface area contributed by atoms with Gasteiger partial charge in [0.2, 0.25) is 5.91 Å². The monoisotopic (exact) mass is 543 g/mol. The zero-order chi connectivity index (χ0) is 24.5. The van der Waals surface area contributed by atoms with Gasteiger partial charge in [-0.1, -0.05) is 29.8 Å². The molecule has 7 nitrogen and oxygen atoms in total. The van der Waals surface area contributed by atoms with Gasteiger partial charge in [-0.3, -0.25) is 9.59 Å². The lowest BCUT2D eigenvalue weighted by Gasteiger charge is -2.11. The standard InChI is InChI=1S/C25H23BrClN3O4/c1-16(24(31)29-19-8-10-20(33-2)11-9-19)25(32)30-28-14-17-7-12-23(21(26)13-17)34-15-18-5-3-4-6-22(18)27/h3-14,16H,15H2,1-2H3,(H,29,31)(H,30,32). The summed E-state index contributed by atoms with van der Waals surface area (Å²) in [6.07, 6.45) is 1.48. The quantitative estimate of drug-likeness (QED) is 0.214. The van der Waals surface area contributed by atoms with E-state index in [2.05, 4.69) is 31.8 Å². The highest BCUT2D eigenvalue weighted by Gasteiger charge is 2.21. The number of benzene rings is 3. The summed E-state index contributed by atoms with van der Waals surface area (Å²) in [5, 5.41) is 7.28. The summed E-state index contributed by atoms with van der Waals surface area (Å²) < 4.78 is 11.6. The van der Waals surface area contributed by atoms with Crippen LogP contribution in [0, 0.1) is 5.92 Å². The molecule has 2 amide bonds. The highest BCUT2D eigenvalue weighted by Crippen LogP contribution is 2.27. The van der Waals surface area contributed by atoms with Crippen LogP contribution in [-0.2, 0) is 16.2 Å². The number of carbonyl (C=O) groups excluding carboxylic acids is 2. The molecule has 34 heavy (non-hydrogen) atoms. The molecule has 3 rings (SSSR count). The van der Waals surface area contributed by atoms with Crippen molar-refractivity contribution in [3.63, 3.8) is 0 Å². The lowest BCUT2D eigenvalue weighted by molar-refractivity contribution is -0.131. The van der Waals surface area contributed by atoms with Gasteiger partial charge in [0.15, 0.2) is 0 Å². The molecule has 0 aliphatic carbocycles. The number of anilines is 1. The van der Waals surface area contributed by atoms with Crippen molar-refractivity contribution in [3.8, 4) is 11.5 Å². The SMILES string of the molecule is COc1ccc(NC(=O)C(C)C(=O)NN=Cc2ccc(OCc3ccccc3Cl)c(Br)c2)cc1. The Labute approximate surface area is 211 Å². The number of amides is 2. The predicted molar refractivity (Wildman–Crippen MR) is 136 cm³/mol. The molecule has 1 atom stereocenters. The molecule has 0 aliphatic rings. The molecule has 0 heterocycles. The Bertz CT molecular complexity index is 1190. The minimum Gasteiger partial charge on any atom is -0.497 e. The van der Waals surface area contributed by atoms with Crippen molar-refractivity contribution in [1.29, 1.82) is 0 Å². The highest BCUT2D eigenvalue weighted by atomic mass is 79.9. The number of hydrazone groups is 1. The van der Waals surface area contributed by atoms with Gasteiger partial charge >= 0.3 is 0 Å². The van der Waals surface area contributed by atoms with Crippen molar-refractivity contribution in [2.24, 2.45) is 11.0 Å². The fourth-order valence-corrected chi connectivity index (χ4v) is 3.50. The number of ether oxygens (including phenoxy) is 2. The molecule has 3 aromatic carbocycles. The Hall–Kier alpha value is -3.36. The summed E-state index contributed by atoms with van der Waals surface area (Å²) >= 11 is 9.63. The largest absolute Gasteiger partial charge is 0.497 e. The van der Waals surface area contributed by atoms with Crippen molar-refractivity contribution < 1.29 is 19.1 Å². The minimum absolute atomic E-state index is 0.332. The van der Waals surface area contributed by atoms with Crippen LogP contribution in [0.15, 0.2) is 76.3 Å². The average Bonchev–Trinajstić information content (AvgIpc) is 2.84. The van der Waals surface area contributed by atoms with Crippen molar-refractivity contribution in [2.75, 3.05) is 12.4 Å². The van der Waals surface area contributed by atoms with Crippen molar-refractivity contribution >= 4 is 51.2 Å². The average molecular weight is 545 g/mol. The number of halogens is 2. The van der Waals surface area contributed by atoms with Crippen molar-refractivity contribution in [2.45, 2.75) is 13.5 Å². The summed E-state index contributed by atoms with van der Waals surface area (Å²) in [6, 6.07) is 19.7. The first-order chi connectivity index (χ1) is 16.4. The molecule has 176 valence electrons. The molecule has 1 unspecified atom stereocenters. The van der Waals surface area contributed by atoms with E-state index in [1.165, 1.54) is 13.1 Å². The second-order valence-corrected chi connectivity index (χ2v) is 8.51. The molecular weight excluding hydrogens is 522 g/mol. The van der Waals surface area contributed by atoms with Crippen molar-refractivity contribution in [1.82, 2.24) is 5.43 Å². The van der Waals surface area contributed by atoms with Gasteiger partial charge < -0.3 is 14.8 Å². The van der Waals surface area contributed by atoms with Gasteiger partial charge in [-0.05, 0) is 76.9 Å². The van der Waals surface area contributed by atoms with E-state index in [-0.39, 0.29) is 0 Å². The van der Waals surface area contributed by atoms with Crippen LogP contribution >= 0.6 is 27.5 Å². The van der Waals surface area contributed by atoms with Crippen molar-refractivity contribution in [3.05, 3.63) is 87.4 Å². The second-order valence-electron chi connectivity index (χ2n) is 7.24. The summed E-state index contributed by atoms with van der Waals surface area (Å²) in [6.45, 7) is 1.84. The molecule has 0 spiro atoms. The van der Waals surface area contributed by atoms with E-state index in [4.69, 9.17) is 21.1 Å². The Morgan fingerprint density at radius 2 is 1.82 bits per heavy atom. The number of nitrogens with one attached hydrogen (secondary N) is 2. The second kappa shape index (κ2) is 12.2. The van der Waals surface area contributed by atoms with E-state index in [0.717, 1.165) is 15.6 Å². The van der Waals surface area contributed by atoms with Crippen LogP contribution in [0.5, 0.6) is 11.5 Å². The van der Waals surface area contributed by atoms with E-state index in [1.807, 2.05) is 24.3 Å². The Balaban J connectivity index is 1.51. The van der Waals surface area contributed by atoms with Crippen LogP contribution in [0.2, 0.25) is 5.02 Å². The number of rotatable bonds is 9. The molecule has 0 bridgehead atoms. The maximum Gasteiger partial charge on any atom is 0.252 e. The zero-order valence-corrected chi connectivity index (χ0v) is 20.9. The molecule has 0 saturated carbocycles. The van der Waals surface area contributed by atoms with Crippen LogP contribution < -0.4 is 20.2 Å². The van der Waals surface area contributed by atoms with Crippen LogP contribution in [-0.4, -0.2) is 25.1 Å². The minimum atomic E-state index is -0.938. The van der Waals surface area contributed by atoms with Gasteiger partial charge in [-0.25, -0.2) is 5.43 Å². The molecule has 0 aliphatic heterocycles. The molecule has 3 aromatic rings. The van der Waals surface area contributed by atoms with E-state index in [0.29, 0.717) is 28.8 Å². The summed E-state index contributed by atoms with van der Waals surface area (Å²) in [5.41, 5.74) is 4.57. The highest BCUT2D eigenvalue weighted by molar-refractivity contribution is 9.10. The molecule has 0 radical (unpaired) electrons. The summed E-state index contributed by atoms with van der Waals surface area (Å²) in [7, 11) is 1.56. The third-order valence-corrected chi connectivity index (χ3v) is 5.82. The van der Waals surface area contributed by atoms with E-state index in [9.17, 15) is 9.59 Å². The topological polar surface area (TPSA) is 89.0 Å². The molecule has 0 fully saturated rings. The fraction of sp³-hybridized carbons (Fsp3) is 0.160. The van der Waals surface area contributed by atoms with Gasteiger partial charge in [0.05, 0.1) is 17.8 Å². The summed E-state index contributed by atoms with van der Waals surface area (Å²) in [4.78, 5) is 24.6. The smallest absolute Gasteiger partial charge is 0.252 e.